The van der Waals surface area contributed by atoms with Crippen molar-refractivity contribution in [1.29, 1.82) is 0 Å². The maximum Gasteiger partial charge on any atom is 0.220 e. The molecule has 1 amide bonds. The molecule has 1 N–H and O–H groups in total. The number of Topliss-reactive ketones (excluding diaryl/α,β-unsaturated/α-hetero) is 1. The summed E-state index contributed by atoms with van der Waals surface area (Å²) in [6.07, 6.45) is 33.4. The van der Waals surface area contributed by atoms with Crippen LogP contribution in [-0.2, 0) is 9.59 Å². The first kappa shape index (κ1) is 33.3. The van der Waals surface area contributed by atoms with Crippen LogP contribution in [0, 0.1) is 57.2 Å². The van der Waals surface area contributed by atoms with Crippen LogP contribution in [0.15, 0.2) is 66.6 Å². The van der Waals surface area contributed by atoms with Crippen molar-refractivity contribution in [3.8, 4) is 0 Å². The molecule has 270 valence electrons. The number of nitrogens with zero attached hydrogens (tertiary/aromatic N) is 5. The lowest BCUT2D eigenvalue weighted by Crippen LogP contribution is -2.51. The third kappa shape index (κ3) is 5.00. The second-order valence-corrected chi connectivity index (χ2v) is 18.4. The molecule has 3 heterocycles. The lowest BCUT2D eigenvalue weighted by atomic mass is 9.46. The van der Waals surface area contributed by atoms with E-state index in [2.05, 4.69) is 83.4 Å². The van der Waals surface area contributed by atoms with Gasteiger partial charge < -0.3 is 9.88 Å². The molecular formula is C43H56N6O2. The van der Waals surface area contributed by atoms with Gasteiger partial charge in [-0.2, -0.15) is 0 Å². The Kier molecular flexibility index (Phi) is 7.83. The number of carbonyl (C=O) groups excluding carboxylic acids is 2. The Balaban J connectivity index is 0.000000137. The number of hydrogen-bond donors (Lipinski definition) is 1. The molecule has 8 nitrogen and oxygen atoms in total. The number of aromatic nitrogens is 5. The third-order valence-electron chi connectivity index (χ3n) is 16.4. The van der Waals surface area contributed by atoms with Crippen LogP contribution in [0.4, 0.5) is 0 Å². The molecule has 10 atom stereocenters. The van der Waals surface area contributed by atoms with Gasteiger partial charge in [0.1, 0.15) is 5.78 Å². The standard InChI is InChI=1S/C22H29N3O.C21H27N3O/c1-21-9-10-24-20(26)13-15(21)3-4-16-17-5-6-19(25-12-11-23-14-25)22(17,2)8-7-18(16)21;1-20-9-7-15(25)13-14(20)3-4-16-17-5-6-19(24-12-11-22-23-24)21(17,2)10-8-18(16)20/h5-6,11-12,14-16,18H,3-4,7-10,13H2,1-2H3,(H,24,26);5-6,11-12,14,16,18H,3-4,7-10,13H2,1-2H3/t15-,16-,18-,21-,22-;14-,16-,18-,20-,21-/m00/s1. The molecule has 0 unspecified atom stereocenters. The Morgan fingerprint density at radius 3 is 2.00 bits per heavy atom. The molecule has 5 saturated carbocycles. The van der Waals surface area contributed by atoms with E-state index in [0.717, 1.165) is 44.6 Å². The Hall–Kier alpha value is -3.55. The summed E-state index contributed by atoms with van der Waals surface area (Å²) in [4.78, 5) is 28.4. The normalized spacial score (nSPS) is 42.4. The van der Waals surface area contributed by atoms with Crippen molar-refractivity contribution in [2.75, 3.05) is 6.54 Å². The van der Waals surface area contributed by atoms with E-state index in [1.807, 2.05) is 23.4 Å². The highest BCUT2D eigenvalue weighted by atomic mass is 16.1. The summed E-state index contributed by atoms with van der Waals surface area (Å²) in [6, 6.07) is 0. The molecule has 0 bridgehead atoms. The molecular weight excluding hydrogens is 633 g/mol. The van der Waals surface area contributed by atoms with Gasteiger partial charge in [0.05, 0.1) is 24.4 Å². The monoisotopic (exact) mass is 688 g/mol. The molecule has 1 saturated heterocycles. The first-order valence-corrected chi connectivity index (χ1v) is 20.0. The molecule has 2 aromatic heterocycles. The van der Waals surface area contributed by atoms with Crippen LogP contribution in [0.1, 0.15) is 111 Å². The largest absolute Gasteiger partial charge is 0.356 e. The van der Waals surface area contributed by atoms with Gasteiger partial charge in [-0.1, -0.05) is 56.2 Å². The fourth-order valence-corrected chi connectivity index (χ4v) is 13.5. The molecule has 10 rings (SSSR count). The summed E-state index contributed by atoms with van der Waals surface area (Å²) in [5.74, 6) is 4.72. The number of fused-ring (bicyclic) bond motifs is 10. The van der Waals surface area contributed by atoms with Gasteiger partial charge in [-0.05, 0) is 123 Å². The smallest absolute Gasteiger partial charge is 0.220 e. The number of amides is 1. The van der Waals surface area contributed by atoms with Gasteiger partial charge >= 0.3 is 0 Å². The summed E-state index contributed by atoms with van der Waals surface area (Å²) in [5, 5.41) is 11.4. The van der Waals surface area contributed by atoms with Crippen molar-refractivity contribution in [2.45, 2.75) is 111 Å². The minimum atomic E-state index is 0.0998. The fraction of sp³-hybridized carbons (Fsp3) is 0.651. The van der Waals surface area contributed by atoms with E-state index in [1.165, 1.54) is 62.8 Å². The number of carbonyl (C=O) groups is 2. The second-order valence-electron chi connectivity index (χ2n) is 18.4. The van der Waals surface area contributed by atoms with E-state index in [9.17, 15) is 9.59 Å². The number of hydrogen-bond acceptors (Lipinski definition) is 5. The molecule has 0 radical (unpaired) electrons. The molecule has 6 fully saturated rings. The second kappa shape index (κ2) is 12.0. The molecule has 0 aromatic carbocycles. The van der Waals surface area contributed by atoms with Crippen molar-refractivity contribution >= 4 is 23.1 Å². The Morgan fingerprint density at radius 1 is 0.706 bits per heavy atom. The zero-order valence-electron chi connectivity index (χ0n) is 31.1. The topological polar surface area (TPSA) is 94.7 Å². The van der Waals surface area contributed by atoms with Crippen molar-refractivity contribution < 1.29 is 9.59 Å². The number of imidazole rings is 1. The van der Waals surface area contributed by atoms with Gasteiger partial charge in [0.25, 0.3) is 0 Å². The highest BCUT2D eigenvalue weighted by molar-refractivity contribution is 5.80. The summed E-state index contributed by atoms with van der Waals surface area (Å²) < 4.78 is 4.15. The van der Waals surface area contributed by atoms with E-state index >= 15 is 0 Å². The highest BCUT2D eigenvalue weighted by Gasteiger charge is 2.58. The van der Waals surface area contributed by atoms with E-state index < -0.39 is 0 Å². The highest BCUT2D eigenvalue weighted by Crippen LogP contribution is 2.66. The molecule has 1 aliphatic heterocycles. The van der Waals surface area contributed by atoms with Gasteiger partial charge in [-0.15, -0.1) is 5.10 Å². The minimum Gasteiger partial charge on any atom is -0.356 e. The van der Waals surface area contributed by atoms with Crippen LogP contribution in [-0.4, -0.2) is 42.8 Å². The Bertz CT molecular complexity index is 1840. The van der Waals surface area contributed by atoms with E-state index in [1.54, 1.807) is 17.3 Å². The van der Waals surface area contributed by atoms with Gasteiger partial charge in [0, 0.05) is 54.7 Å². The van der Waals surface area contributed by atoms with Crippen LogP contribution >= 0.6 is 0 Å². The van der Waals surface area contributed by atoms with Crippen LogP contribution in [0.2, 0.25) is 0 Å². The first-order valence-electron chi connectivity index (χ1n) is 20.0. The van der Waals surface area contributed by atoms with Crippen molar-refractivity contribution in [2.24, 2.45) is 57.2 Å². The van der Waals surface area contributed by atoms with Crippen LogP contribution in [0.25, 0.3) is 11.4 Å². The molecule has 8 heteroatoms. The first-order chi connectivity index (χ1) is 24.5. The molecule has 2 aromatic rings. The summed E-state index contributed by atoms with van der Waals surface area (Å²) in [7, 11) is 0. The number of rotatable bonds is 2. The number of nitrogens with one attached hydrogen (secondary N) is 1. The van der Waals surface area contributed by atoms with Crippen LogP contribution in [0.3, 0.4) is 0 Å². The maximum absolute atomic E-state index is 12.1. The number of ketones is 1. The van der Waals surface area contributed by atoms with E-state index in [-0.39, 0.29) is 16.7 Å². The summed E-state index contributed by atoms with van der Waals surface area (Å²) in [6.45, 7) is 10.7. The Morgan fingerprint density at radius 2 is 1.35 bits per heavy atom. The number of allylic oxidation sites excluding steroid dienone is 8. The zero-order valence-corrected chi connectivity index (χ0v) is 31.1. The quantitative estimate of drug-likeness (QED) is 0.343. The average Bonchev–Trinajstić information content (AvgIpc) is 3.92. The van der Waals surface area contributed by atoms with Gasteiger partial charge in [0.2, 0.25) is 5.91 Å². The minimum absolute atomic E-state index is 0.0998. The summed E-state index contributed by atoms with van der Waals surface area (Å²) >= 11 is 0. The van der Waals surface area contributed by atoms with E-state index in [4.69, 9.17) is 0 Å². The SMILES string of the molecule is C[C@]12CC[C@H]3[C@@H](CC[C@H]4CC(=O)CC[C@@]43C)C1=CC=C2n1ccnn1.C[C@]12CC[C@H]3[C@@H](CC[C@H]4CC(=O)NCC[C@@]43C)C1=CC=C2n1ccnc1. The van der Waals surface area contributed by atoms with Crippen LogP contribution < -0.4 is 5.32 Å². The van der Waals surface area contributed by atoms with Crippen LogP contribution in [0.5, 0.6) is 0 Å². The zero-order chi connectivity index (χ0) is 35.2. The lowest BCUT2D eigenvalue weighted by Gasteiger charge is -2.58. The Labute approximate surface area is 303 Å². The fourth-order valence-electron chi connectivity index (χ4n) is 13.5. The predicted octanol–water partition coefficient (Wildman–Crippen LogP) is 8.28. The molecule has 0 spiro atoms. The maximum atomic E-state index is 12.1. The third-order valence-corrected chi connectivity index (χ3v) is 16.4. The van der Waals surface area contributed by atoms with Gasteiger partial charge in [0.15, 0.2) is 0 Å². The van der Waals surface area contributed by atoms with Gasteiger partial charge in [-0.3, -0.25) is 9.59 Å². The van der Waals surface area contributed by atoms with Crippen molar-refractivity contribution in [1.82, 2.24) is 29.9 Å². The lowest BCUT2D eigenvalue weighted by molar-refractivity contribution is -0.130. The molecule has 51 heavy (non-hydrogen) atoms. The summed E-state index contributed by atoms with van der Waals surface area (Å²) in [5.41, 5.74) is 6.81. The predicted molar refractivity (Wildman–Crippen MR) is 198 cm³/mol. The average molecular weight is 689 g/mol. The molecule has 8 aliphatic rings. The van der Waals surface area contributed by atoms with Gasteiger partial charge in [-0.25, -0.2) is 9.67 Å². The van der Waals surface area contributed by atoms with E-state index in [0.29, 0.717) is 46.2 Å². The molecule has 7 aliphatic carbocycles. The van der Waals surface area contributed by atoms with Crippen molar-refractivity contribution in [3.63, 3.8) is 0 Å². The van der Waals surface area contributed by atoms with Crippen molar-refractivity contribution in [3.05, 3.63) is 66.6 Å².